The van der Waals surface area contributed by atoms with Crippen molar-refractivity contribution < 1.29 is 19.1 Å². The minimum atomic E-state index is -0.978. The van der Waals surface area contributed by atoms with Crippen molar-refractivity contribution in [3.63, 3.8) is 0 Å². The first kappa shape index (κ1) is 16.2. The van der Waals surface area contributed by atoms with Gasteiger partial charge in [0, 0.05) is 12.0 Å². The molecule has 0 amide bonds. The molecule has 0 radical (unpaired) electrons. The van der Waals surface area contributed by atoms with Crippen molar-refractivity contribution in [2.24, 2.45) is 5.92 Å². The van der Waals surface area contributed by atoms with Gasteiger partial charge in [0.1, 0.15) is 0 Å². The van der Waals surface area contributed by atoms with Crippen molar-refractivity contribution in [3.05, 3.63) is 35.9 Å². The monoisotopic (exact) mass is 278 g/mol. The lowest BCUT2D eigenvalue weighted by Crippen LogP contribution is -2.23. The van der Waals surface area contributed by atoms with Gasteiger partial charge in [0.15, 0.2) is 0 Å². The Morgan fingerprint density at radius 3 is 2.35 bits per heavy atom. The Balaban J connectivity index is 2.79. The Kier molecular flexibility index (Phi) is 6.77. The summed E-state index contributed by atoms with van der Waals surface area (Å²) in [7, 11) is 0. The van der Waals surface area contributed by atoms with Gasteiger partial charge in [-0.25, -0.2) is 4.79 Å². The smallest absolute Gasteiger partial charge is 0.352 e. The molecule has 0 aliphatic carbocycles. The van der Waals surface area contributed by atoms with Crippen LogP contribution in [-0.4, -0.2) is 18.5 Å². The lowest BCUT2D eigenvalue weighted by molar-refractivity contribution is -0.169. The molecule has 0 aliphatic heterocycles. The highest BCUT2D eigenvalue weighted by Gasteiger charge is 2.26. The molecule has 110 valence electrons. The van der Waals surface area contributed by atoms with Crippen LogP contribution in [0.4, 0.5) is 0 Å². The number of carbonyl (C=O) groups excluding carboxylic acids is 2. The summed E-state index contributed by atoms with van der Waals surface area (Å²) in [5.74, 6) is -0.719. The third kappa shape index (κ3) is 5.43. The van der Waals surface area contributed by atoms with Gasteiger partial charge in [0.2, 0.25) is 6.10 Å². The molecule has 0 heterocycles. The first-order valence-corrected chi connectivity index (χ1v) is 6.95. The van der Waals surface area contributed by atoms with E-state index in [0.29, 0.717) is 12.2 Å². The van der Waals surface area contributed by atoms with Gasteiger partial charge >= 0.3 is 11.9 Å². The summed E-state index contributed by atoms with van der Waals surface area (Å²) in [5.41, 5.74) is 0.630. The molecule has 0 aromatic heterocycles. The van der Waals surface area contributed by atoms with Gasteiger partial charge < -0.3 is 9.47 Å². The molecule has 4 heteroatoms. The second-order valence-electron chi connectivity index (χ2n) is 5.05. The summed E-state index contributed by atoms with van der Waals surface area (Å²) in [6.07, 6.45) is 0.0337. The molecule has 1 aromatic rings. The normalized spacial score (nSPS) is 12.0. The SMILES string of the molecule is CCCOC(=O)C(OC(=O)CC(C)C)c1ccccc1. The highest BCUT2D eigenvalue weighted by molar-refractivity contribution is 5.80. The molecule has 0 saturated heterocycles. The predicted octanol–water partition coefficient (Wildman–Crippen LogP) is 3.27. The van der Waals surface area contributed by atoms with Gasteiger partial charge in [-0.05, 0) is 12.3 Å². The minimum Gasteiger partial charge on any atom is -0.463 e. The molecule has 1 atom stereocenters. The third-order valence-electron chi connectivity index (χ3n) is 2.59. The van der Waals surface area contributed by atoms with Crippen molar-refractivity contribution in [1.29, 1.82) is 0 Å². The average Bonchev–Trinajstić information content (AvgIpc) is 2.42. The average molecular weight is 278 g/mol. The lowest BCUT2D eigenvalue weighted by Gasteiger charge is -2.17. The number of rotatable bonds is 7. The van der Waals surface area contributed by atoms with Gasteiger partial charge in [-0.3, -0.25) is 4.79 Å². The van der Waals surface area contributed by atoms with Crippen LogP contribution in [0, 0.1) is 5.92 Å². The topological polar surface area (TPSA) is 52.6 Å². The second kappa shape index (κ2) is 8.35. The van der Waals surface area contributed by atoms with Crippen molar-refractivity contribution in [2.45, 2.75) is 39.7 Å². The van der Waals surface area contributed by atoms with Crippen LogP contribution in [0.3, 0.4) is 0 Å². The Morgan fingerprint density at radius 1 is 1.15 bits per heavy atom. The molecule has 0 bridgehead atoms. The van der Waals surface area contributed by atoms with Crippen LogP contribution in [0.25, 0.3) is 0 Å². The van der Waals surface area contributed by atoms with Crippen LogP contribution in [-0.2, 0) is 19.1 Å². The fourth-order valence-electron chi connectivity index (χ4n) is 1.67. The van der Waals surface area contributed by atoms with Crippen LogP contribution in [0.15, 0.2) is 30.3 Å². The fraction of sp³-hybridized carbons (Fsp3) is 0.500. The molecule has 4 nitrogen and oxygen atoms in total. The Hall–Kier alpha value is -1.84. The van der Waals surface area contributed by atoms with E-state index in [0.717, 1.165) is 6.42 Å². The van der Waals surface area contributed by atoms with Crippen LogP contribution in [0.5, 0.6) is 0 Å². The maximum Gasteiger partial charge on any atom is 0.352 e. The van der Waals surface area contributed by atoms with Crippen molar-refractivity contribution >= 4 is 11.9 Å². The predicted molar refractivity (Wildman–Crippen MR) is 76.0 cm³/mol. The molecular weight excluding hydrogens is 256 g/mol. The number of hydrogen-bond donors (Lipinski definition) is 0. The fourth-order valence-corrected chi connectivity index (χ4v) is 1.67. The number of esters is 2. The summed E-state index contributed by atoms with van der Waals surface area (Å²) < 4.78 is 10.4. The second-order valence-corrected chi connectivity index (χ2v) is 5.05. The first-order chi connectivity index (χ1) is 9.54. The highest BCUT2D eigenvalue weighted by atomic mass is 16.6. The maximum atomic E-state index is 12.0. The summed E-state index contributed by atoms with van der Waals surface area (Å²) >= 11 is 0. The molecule has 0 fully saturated rings. The maximum absolute atomic E-state index is 12.0. The van der Waals surface area contributed by atoms with E-state index in [-0.39, 0.29) is 18.3 Å². The van der Waals surface area contributed by atoms with Crippen LogP contribution >= 0.6 is 0 Å². The largest absolute Gasteiger partial charge is 0.463 e. The molecule has 0 spiro atoms. The third-order valence-corrected chi connectivity index (χ3v) is 2.59. The number of benzene rings is 1. The van der Waals surface area contributed by atoms with E-state index in [1.54, 1.807) is 24.3 Å². The van der Waals surface area contributed by atoms with Gasteiger partial charge in [-0.2, -0.15) is 0 Å². The van der Waals surface area contributed by atoms with Crippen LogP contribution < -0.4 is 0 Å². The molecule has 0 saturated carbocycles. The van der Waals surface area contributed by atoms with Crippen LogP contribution in [0.2, 0.25) is 0 Å². The highest BCUT2D eigenvalue weighted by Crippen LogP contribution is 2.20. The molecule has 1 aromatic carbocycles. The van der Waals surface area contributed by atoms with E-state index in [1.807, 2.05) is 26.8 Å². The van der Waals surface area contributed by atoms with E-state index in [4.69, 9.17) is 9.47 Å². The standard InChI is InChI=1S/C16H22O4/c1-4-10-19-16(18)15(13-8-6-5-7-9-13)20-14(17)11-12(2)3/h5-9,12,15H,4,10-11H2,1-3H3. The van der Waals surface area contributed by atoms with Gasteiger partial charge in [0.05, 0.1) is 6.61 Å². The molecule has 1 unspecified atom stereocenters. The van der Waals surface area contributed by atoms with Gasteiger partial charge in [-0.1, -0.05) is 51.1 Å². The Bertz CT molecular complexity index is 425. The van der Waals surface area contributed by atoms with Crippen LogP contribution in [0.1, 0.15) is 45.3 Å². The number of hydrogen-bond acceptors (Lipinski definition) is 4. The summed E-state index contributed by atoms with van der Waals surface area (Å²) in [6, 6.07) is 8.94. The van der Waals surface area contributed by atoms with E-state index >= 15 is 0 Å². The zero-order chi connectivity index (χ0) is 15.0. The Morgan fingerprint density at radius 2 is 1.80 bits per heavy atom. The summed E-state index contributed by atoms with van der Waals surface area (Å²) in [4.78, 5) is 23.8. The summed E-state index contributed by atoms with van der Waals surface area (Å²) in [6.45, 7) is 6.09. The van der Waals surface area contributed by atoms with Crippen molar-refractivity contribution in [3.8, 4) is 0 Å². The van der Waals surface area contributed by atoms with Gasteiger partial charge in [0.25, 0.3) is 0 Å². The molecular formula is C16H22O4. The van der Waals surface area contributed by atoms with E-state index < -0.39 is 12.1 Å². The Labute approximate surface area is 120 Å². The summed E-state index contributed by atoms with van der Waals surface area (Å²) in [5, 5.41) is 0. The quantitative estimate of drug-likeness (QED) is 0.718. The zero-order valence-corrected chi connectivity index (χ0v) is 12.3. The molecule has 0 aliphatic rings. The van der Waals surface area contributed by atoms with E-state index in [1.165, 1.54) is 0 Å². The van der Waals surface area contributed by atoms with Gasteiger partial charge in [-0.15, -0.1) is 0 Å². The molecule has 20 heavy (non-hydrogen) atoms. The van der Waals surface area contributed by atoms with Crippen molar-refractivity contribution in [1.82, 2.24) is 0 Å². The first-order valence-electron chi connectivity index (χ1n) is 6.95. The van der Waals surface area contributed by atoms with E-state index in [9.17, 15) is 9.59 Å². The molecule has 0 N–H and O–H groups in total. The number of carbonyl (C=O) groups is 2. The van der Waals surface area contributed by atoms with Crippen molar-refractivity contribution in [2.75, 3.05) is 6.61 Å². The lowest BCUT2D eigenvalue weighted by atomic mass is 10.1. The molecule has 1 rings (SSSR count). The van der Waals surface area contributed by atoms with E-state index in [2.05, 4.69) is 0 Å². The zero-order valence-electron chi connectivity index (χ0n) is 12.3. The minimum absolute atomic E-state index is 0.186. The number of ether oxygens (including phenoxy) is 2.